The third-order valence-corrected chi connectivity index (χ3v) is 4.09. The molecule has 1 fully saturated rings. The second kappa shape index (κ2) is 4.07. The zero-order chi connectivity index (χ0) is 11.8. The fraction of sp³-hybridized carbons (Fsp3) is 0.417. The van der Waals surface area contributed by atoms with Gasteiger partial charge in [0.25, 0.3) is 0 Å². The number of hydrogen-bond donors (Lipinski definition) is 1. The Balaban J connectivity index is 2.19. The second-order valence-corrected chi connectivity index (χ2v) is 5.25. The van der Waals surface area contributed by atoms with E-state index in [4.69, 9.17) is 5.11 Å². The number of fused-ring (bicyclic) bond motifs is 1. The molecule has 5 heteroatoms. The molecule has 0 saturated heterocycles. The van der Waals surface area contributed by atoms with Crippen LogP contribution in [-0.4, -0.2) is 21.0 Å². The van der Waals surface area contributed by atoms with Crippen molar-refractivity contribution in [2.75, 3.05) is 0 Å². The van der Waals surface area contributed by atoms with E-state index in [1.807, 2.05) is 11.4 Å². The standard InChI is InChI=1S/C12H12N2O2S/c15-12(16)10-13-9(7-3-1-2-4-7)8-5-6-17-11(8)14-10/h5-7H,1-4H2,(H,15,16). The molecular formula is C12H12N2O2S. The molecule has 2 aromatic rings. The molecule has 0 unspecified atom stereocenters. The van der Waals surface area contributed by atoms with Crippen LogP contribution in [0.1, 0.15) is 47.9 Å². The molecule has 17 heavy (non-hydrogen) atoms. The number of aromatic carboxylic acids is 1. The summed E-state index contributed by atoms with van der Waals surface area (Å²) in [5.41, 5.74) is 0.936. The average Bonchev–Trinajstić information content (AvgIpc) is 2.98. The summed E-state index contributed by atoms with van der Waals surface area (Å²) in [6.07, 6.45) is 4.65. The van der Waals surface area contributed by atoms with Gasteiger partial charge in [-0.1, -0.05) is 12.8 Å². The molecule has 0 atom stereocenters. The molecule has 2 aromatic heterocycles. The van der Waals surface area contributed by atoms with Crippen molar-refractivity contribution in [3.05, 3.63) is 23.0 Å². The fourth-order valence-electron chi connectivity index (χ4n) is 2.48. The summed E-state index contributed by atoms with van der Waals surface area (Å²) in [5, 5.41) is 12.0. The molecular weight excluding hydrogens is 236 g/mol. The van der Waals surface area contributed by atoms with E-state index in [2.05, 4.69) is 9.97 Å². The lowest BCUT2D eigenvalue weighted by molar-refractivity contribution is 0.0683. The monoisotopic (exact) mass is 248 g/mol. The molecule has 0 radical (unpaired) electrons. The number of carboxylic acid groups (broad SMARTS) is 1. The third-order valence-electron chi connectivity index (χ3n) is 3.29. The van der Waals surface area contributed by atoms with Gasteiger partial charge in [0.05, 0.1) is 5.69 Å². The quantitative estimate of drug-likeness (QED) is 0.887. The first-order chi connectivity index (χ1) is 8.25. The van der Waals surface area contributed by atoms with Crippen molar-refractivity contribution in [2.24, 2.45) is 0 Å². The Morgan fingerprint density at radius 1 is 1.35 bits per heavy atom. The lowest BCUT2D eigenvalue weighted by Crippen LogP contribution is -2.08. The number of carboxylic acids is 1. The number of aromatic nitrogens is 2. The molecule has 0 aliphatic heterocycles. The Morgan fingerprint density at radius 3 is 2.82 bits per heavy atom. The maximum Gasteiger partial charge on any atom is 0.373 e. The zero-order valence-corrected chi connectivity index (χ0v) is 10.0. The van der Waals surface area contributed by atoms with Crippen LogP contribution >= 0.6 is 11.3 Å². The van der Waals surface area contributed by atoms with E-state index >= 15 is 0 Å². The first kappa shape index (κ1) is 10.7. The molecule has 4 nitrogen and oxygen atoms in total. The van der Waals surface area contributed by atoms with Gasteiger partial charge in [0.2, 0.25) is 5.82 Å². The highest BCUT2D eigenvalue weighted by Crippen LogP contribution is 2.37. The van der Waals surface area contributed by atoms with Gasteiger partial charge in [-0.05, 0) is 24.3 Å². The van der Waals surface area contributed by atoms with Gasteiger partial charge in [-0.2, -0.15) is 0 Å². The Bertz CT molecular complexity index is 573. The SMILES string of the molecule is O=C(O)c1nc(C2CCCC2)c2ccsc2n1. The molecule has 1 aliphatic carbocycles. The first-order valence-electron chi connectivity index (χ1n) is 5.74. The normalized spacial score (nSPS) is 16.7. The van der Waals surface area contributed by atoms with Crippen molar-refractivity contribution in [1.29, 1.82) is 0 Å². The van der Waals surface area contributed by atoms with Crippen LogP contribution in [0.3, 0.4) is 0 Å². The molecule has 1 N–H and O–H groups in total. The van der Waals surface area contributed by atoms with Gasteiger partial charge in [0.1, 0.15) is 4.83 Å². The summed E-state index contributed by atoms with van der Waals surface area (Å²) in [5.74, 6) is -0.699. The molecule has 0 aromatic carbocycles. The molecule has 0 amide bonds. The van der Waals surface area contributed by atoms with Crippen molar-refractivity contribution in [1.82, 2.24) is 9.97 Å². The van der Waals surface area contributed by atoms with Gasteiger partial charge in [0, 0.05) is 11.3 Å². The van der Waals surface area contributed by atoms with E-state index in [-0.39, 0.29) is 5.82 Å². The highest BCUT2D eigenvalue weighted by Gasteiger charge is 2.23. The van der Waals surface area contributed by atoms with Gasteiger partial charge in [0.15, 0.2) is 0 Å². The van der Waals surface area contributed by atoms with E-state index in [9.17, 15) is 4.79 Å². The first-order valence-corrected chi connectivity index (χ1v) is 6.62. The maximum atomic E-state index is 11.0. The summed E-state index contributed by atoms with van der Waals surface area (Å²) in [6.45, 7) is 0. The van der Waals surface area contributed by atoms with Crippen LogP contribution < -0.4 is 0 Å². The Labute approximate surface area is 102 Å². The van der Waals surface area contributed by atoms with E-state index in [0.29, 0.717) is 5.92 Å². The van der Waals surface area contributed by atoms with Crippen LogP contribution in [0, 0.1) is 0 Å². The van der Waals surface area contributed by atoms with Crippen LogP contribution in [0.2, 0.25) is 0 Å². The van der Waals surface area contributed by atoms with Gasteiger partial charge in [-0.15, -0.1) is 11.3 Å². The predicted molar refractivity (Wildman–Crippen MR) is 65.6 cm³/mol. The molecule has 1 aliphatic rings. The van der Waals surface area contributed by atoms with Crippen LogP contribution in [0.5, 0.6) is 0 Å². The van der Waals surface area contributed by atoms with E-state index < -0.39 is 5.97 Å². The fourth-order valence-corrected chi connectivity index (χ4v) is 3.26. The number of hydrogen-bond acceptors (Lipinski definition) is 4. The Hall–Kier alpha value is -1.49. The summed E-state index contributed by atoms with van der Waals surface area (Å²) < 4.78 is 0. The van der Waals surface area contributed by atoms with E-state index in [1.165, 1.54) is 24.2 Å². The molecule has 3 rings (SSSR count). The van der Waals surface area contributed by atoms with Crippen molar-refractivity contribution in [2.45, 2.75) is 31.6 Å². The molecule has 0 spiro atoms. The maximum absolute atomic E-state index is 11.0. The lowest BCUT2D eigenvalue weighted by Gasteiger charge is -2.10. The molecule has 0 bridgehead atoms. The van der Waals surface area contributed by atoms with Gasteiger partial charge in [-0.3, -0.25) is 0 Å². The van der Waals surface area contributed by atoms with Crippen molar-refractivity contribution in [3.63, 3.8) is 0 Å². The summed E-state index contributed by atoms with van der Waals surface area (Å²) in [6, 6.07) is 2.00. The highest BCUT2D eigenvalue weighted by molar-refractivity contribution is 7.16. The minimum atomic E-state index is -1.04. The van der Waals surface area contributed by atoms with Crippen LogP contribution in [0.15, 0.2) is 11.4 Å². The second-order valence-electron chi connectivity index (χ2n) is 4.36. The third kappa shape index (κ3) is 1.80. The highest BCUT2D eigenvalue weighted by atomic mass is 32.1. The molecule has 88 valence electrons. The largest absolute Gasteiger partial charge is 0.475 e. The van der Waals surface area contributed by atoms with Gasteiger partial charge < -0.3 is 5.11 Å². The van der Waals surface area contributed by atoms with Crippen LogP contribution in [0.4, 0.5) is 0 Å². The smallest absolute Gasteiger partial charge is 0.373 e. The Morgan fingerprint density at radius 2 is 2.12 bits per heavy atom. The van der Waals surface area contributed by atoms with Crippen LogP contribution in [0.25, 0.3) is 10.2 Å². The predicted octanol–water partition coefficient (Wildman–Crippen LogP) is 3.05. The Kier molecular flexibility index (Phi) is 2.55. The lowest BCUT2D eigenvalue weighted by atomic mass is 10.0. The van der Waals surface area contributed by atoms with E-state index in [0.717, 1.165) is 28.8 Å². The molecule has 2 heterocycles. The van der Waals surface area contributed by atoms with E-state index in [1.54, 1.807) is 0 Å². The molecule has 1 saturated carbocycles. The van der Waals surface area contributed by atoms with Gasteiger partial charge >= 0.3 is 5.97 Å². The summed E-state index contributed by atoms with van der Waals surface area (Å²) >= 11 is 1.48. The number of rotatable bonds is 2. The number of carbonyl (C=O) groups is 1. The van der Waals surface area contributed by atoms with Crippen molar-refractivity contribution < 1.29 is 9.90 Å². The minimum Gasteiger partial charge on any atom is -0.475 e. The topological polar surface area (TPSA) is 63.1 Å². The number of nitrogens with zero attached hydrogens (tertiary/aromatic N) is 2. The van der Waals surface area contributed by atoms with Crippen LogP contribution in [-0.2, 0) is 0 Å². The van der Waals surface area contributed by atoms with Crippen molar-refractivity contribution in [3.8, 4) is 0 Å². The minimum absolute atomic E-state index is 0.0677. The van der Waals surface area contributed by atoms with Gasteiger partial charge in [-0.25, -0.2) is 14.8 Å². The summed E-state index contributed by atoms with van der Waals surface area (Å²) in [7, 11) is 0. The number of thiophene rings is 1. The zero-order valence-electron chi connectivity index (χ0n) is 9.22. The summed E-state index contributed by atoms with van der Waals surface area (Å²) in [4.78, 5) is 20.1. The average molecular weight is 248 g/mol. The van der Waals surface area contributed by atoms with Crippen molar-refractivity contribution >= 4 is 27.5 Å².